The average Bonchev–Trinajstić information content (AvgIpc) is 3.57. The minimum Gasteiger partial charge on any atom is -0.343 e. The summed E-state index contributed by atoms with van der Waals surface area (Å²) in [5.74, 6) is 1.20. The van der Waals surface area contributed by atoms with Crippen LogP contribution in [-0.4, -0.2) is 55.5 Å². The molecule has 1 saturated heterocycles. The Balaban J connectivity index is 1.42. The van der Waals surface area contributed by atoms with Gasteiger partial charge in [0.25, 0.3) is 5.91 Å². The lowest BCUT2D eigenvalue weighted by Gasteiger charge is -2.18. The summed E-state index contributed by atoms with van der Waals surface area (Å²) in [5.41, 5.74) is 2.91. The van der Waals surface area contributed by atoms with Gasteiger partial charge in [0.1, 0.15) is 11.9 Å². The van der Waals surface area contributed by atoms with E-state index in [0.717, 1.165) is 17.1 Å². The number of nitriles is 1. The summed E-state index contributed by atoms with van der Waals surface area (Å²) in [6.07, 6.45) is 5.19. The number of thioether (sulfide) groups is 1. The number of hydrogen-bond acceptors (Lipinski definition) is 6. The van der Waals surface area contributed by atoms with Gasteiger partial charge in [-0.2, -0.15) is 5.26 Å². The maximum absolute atomic E-state index is 13.0. The Morgan fingerprint density at radius 3 is 2.79 bits per heavy atom. The van der Waals surface area contributed by atoms with Crippen LogP contribution in [0.15, 0.2) is 73.2 Å². The maximum Gasteiger partial charge on any atom is 0.252 e. The van der Waals surface area contributed by atoms with E-state index in [-0.39, 0.29) is 18.4 Å². The molecule has 0 spiro atoms. The van der Waals surface area contributed by atoms with Gasteiger partial charge in [-0.3, -0.25) is 19.1 Å². The van der Waals surface area contributed by atoms with Gasteiger partial charge in [0, 0.05) is 41.0 Å². The highest BCUT2D eigenvalue weighted by Gasteiger charge is 2.29. The van der Waals surface area contributed by atoms with Crippen molar-refractivity contribution in [2.75, 3.05) is 18.2 Å². The molecule has 5 rings (SSSR count). The molecule has 2 aromatic carbocycles. The number of nitrogens with zero attached hydrogens (tertiary/aromatic N) is 5. The molecule has 4 aromatic rings. The second-order valence-electron chi connectivity index (χ2n) is 7.74. The molecule has 1 aliphatic rings. The van der Waals surface area contributed by atoms with Crippen molar-refractivity contribution in [1.29, 1.82) is 5.26 Å². The quantitative estimate of drug-likeness (QED) is 0.482. The molecule has 0 radical (unpaired) electrons. The van der Waals surface area contributed by atoms with Crippen LogP contribution in [0.5, 0.6) is 0 Å². The molecule has 0 aliphatic carbocycles. The van der Waals surface area contributed by atoms with Crippen LogP contribution in [0.3, 0.4) is 0 Å². The lowest BCUT2D eigenvalue weighted by Crippen LogP contribution is -2.42. The van der Waals surface area contributed by atoms with Crippen LogP contribution in [0.4, 0.5) is 0 Å². The van der Waals surface area contributed by atoms with Gasteiger partial charge in [-0.1, -0.05) is 30.3 Å². The number of fused-ring (bicyclic) bond motifs is 1. The summed E-state index contributed by atoms with van der Waals surface area (Å²) >= 11 is 1.53. The lowest BCUT2D eigenvalue weighted by atomic mass is 10.1. The zero-order valence-electron chi connectivity index (χ0n) is 18.1. The average molecular weight is 469 g/mol. The van der Waals surface area contributed by atoms with Gasteiger partial charge in [0.2, 0.25) is 5.91 Å². The monoisotopic (exact) mass is 468 g/mol. The Hall–Kier alpha value is -4.16. The number of hydrogen-bond donors (Lipinski definition) is 1. The minimum absolute atomic E-state index is 0.166. The number of benzene rings is 2. The largest absolute Gasteiger partial charge is 0.343 e. The van der Waals surface area contributed by atoms with Gasteiger partial charge in [-0.25, -0.2) is 4.98 Å². The molecule has 1 aliphatic heterocycles. The first-order valence-electron chi connectivity index (χ1n) is 10.7. The molecule has 1 N–H and O–H groups in total. The number of imidazole rings is 1. The molecule has 168 valence electrons. The third-order valence-electron chi connectivity index (χ3n) is 5.67. The second kappa shape index (κ2) is 9.37. The first kappa shape index (κ1) is 21.7. The topological polar surface area (TPSA) is 104 Å². The lowest BCUT2D eigenvalue weighted by molar-refractivity contribution is -0.129. The predicted octanol–water partition coefficient (Wildman–Crippen LogP) is 3.24. The SMILES string of the molecule is N#CC1CSCN1C(=O)CNC(=O)c1ccnc2ccc(-n3ccnc3-c3ccccc3)cc12. The normalized spacial score (nSPS) is 15.3. The Morgan fingerprint density at radius 1 is 1.12 bits per heavy atom. The minimum atomic E-state index is -0.451. The summed E-state index contributed by atoms with van der Waals surface area (Å²) in [4.78, 5) is 35.9. The van der Waals surface area contributed by atoms with Crippen LogP contribution in [0.1, 0.15) is 10.4 Å². The van der Waals surface area contributed by atoms with Crippen molar-refractivity contribution in [1.82, 2.24) is 24.8 Å². The molecule has 2 aromatic heterocycles. The molecular weight excluding hydrogens is 448 g/mol. The van der Waals surface area contributed by atoms with E-state index in [1.165, 1.54) is 16.7 Å². The van der Waals surface area contributed by atoms with E-state index in [4.69, 9.17) is 0 Å². The van der Waals surface area contributed by atoms with Crippen LogP contribution < -0.4 is 5.32 Å². The van der Waals surface area contributed by atoms with E-state index in [1.54, 1.807) is 18.5 Å². The van der Waals surface area contributed by atoms with Crippen molar-refractivity contribution in [2.24, 2.45) is 0 Å². The van der Waals surface area contributed by atoms with E-state index in [1.807, 2.05) is 59.3 Å². The number of pyridine rings is 1. The van der Waals surface area contributed by atoms with Crippen LogP contribution in [0, 0.1) is 11.3 Å². The van der Waals surface area contributed by atoms with Crippen molar-refractivity contribution >= 4 is 34.5 Å². The molecule has 1 unspecified atom stereocenters. The zero-order valence-corrected chi connectivity index (χ0v) is 18.9. The summed E-state index contributed by atoms with van der Waals surface area (Å²) < 4.78 is 1.96. The van der Waals surface area contributed by atoms with Crippen molar-refractivity contribution in [3.63, 3.8) is 0 Å². The van der Waals surface area contributed by atoms with Crippen LogP contribution in [0.2, 0.25) is 0 Å². The predicted molar refractivity (Wildman–Crippen MR) is 130 cm³/mol. The van der Waals surface area contributed by atoms with Crippen molar-refractivity contribution < 1.29 is 9.59 Å². The summed E-state index contributed by atoms with van der Waals surface area (Å²) in [6, 6.07) is 18.9. The van der Waals surface area contributed by atoms with Crippen LogP contribution in [0.25, 0.3) is 28.0 Å². The third-order valence-corrected chi connectivity index (χ3v) is 6.68. The van der Waals surface area contributed by atoms with Crippen molar-refractivity contribution in [3.8, 4) is 23.1 Å². The fourth-order valence-electron chi connectivity index (χ4n) is 3.94. The van der Waals surface area contributed by atoms with E-state index >= 15 is 0 Å². The van der Waals surface area contributed by atoms with Gasteiger partial charge in [0.15, 0.2) is 0 Å². The van der Waals surface area contributed by atoms with Gasteiger partial charge in [-0.15, -0.1) is 11.8 Å². The molecule has 3 heterocycles. The highest BCUT2D eigenvalue weighted by atomic mass is 32.2. The smallest absolute Gasteiger partial charge is 0.252 e. The third kappa shape index (κ3) is 4.11. The highest BCUT2D eigenvalue weighted by molar-refractivity contribution is 7.99. The number of nitrogens with one attached hydrogen (secondary N) is 1. The zero-order chi connectivity index (χ0) is 23.5. The van der Waals surface area contributed by atoms with Crippen LogP contribution in [-0.2, 0) is 4.79 Å². The van der Waals surface area contributed by atoms with Crippen molar-refractivity contribution in [2.45, 2.75) is 6.04 Å². The molecule has 34 heavy (non-hydrogen) atoms. The highest BCUT2D eigenvalue weighted by Crippen LogP contribution is 2.25. The summed E-state index contributed by atoms with van der Waals surface area (Å²) in [5, 5.41) is 12.6. The van der Waals surface area contributed by atoms with E-state index < -0.39 is 6.04 Å². The summed E-state index contributed by atoms with van der Waals surface area (Å²) in [7, 11) is 0. The Bertz CT molecular complexity index is 1410. The van der Waals surface area contributed by atoms with E-state index in [2.05, 4.69) is 21.4 Å². The first-order chi connectivity index (χ1) is 16.7. The Morgan fingerprint density at radius 2 is 1.97 bits per heavy atom. The molecule has 1 fully saturated rings. The fraction of sp³-hybridized carbons (Fsp3) is 0.160. The number of carbonyl (C=O) groups is 2. The van der Waals surface area contributed by atoms with Gasteiger partial charge in [-0.05, 0) is 24.3 Å². The Kier molecular flexibility index (Phi) is 5.97. The molecule has 0 saturated carbocycles. The fourth-order valence-corrected chi connectivity index (χ4v) is 5.05. The van der Waals surface area contributed by atoms with Crippen LogP contribution >= 0.6 is 11.8 Å². The van der Waals surface area contributed by atoms with Crippen molar-refractivity contribution in [3.05, 3.63) is 78.8 Å². The van der Waals surface area contributed by atoms with Gasteiger partial charge in [0.05, 0.1) is 29.6 Å². The van der Waals surface area contributed by atoms with E-state index in [0.29, 0.717) is 28.1 Å². The molecule has 2 amide bonds. The first-order valence-corrected chi connectivity index (χ1v) is 11.8. The van der Waals surface area contributed by atoms with E-state index in [9.17, 15) is 14.9 Å². The molecular formula is C25H20N6O2S. The van der Waals surface area contributed by atoms with Gasteiger partial charge >= 0.3 is 0 Å². The number of rotatable bonds is 5. The molecule has 1 atom stereocenters. The standard InChI is InChI=1S/C25H20N6O2S/c26-13-19-15-34-16-31(19)23(32)14-29-25(33)20-8-9-27-22-7-6-18(12-21(20)22)30-11-10-28-24(30)17-4-2-1-3-5-17/h1-12,19H,14-16H2,(H,29,33). The second-order valence-corrected chi connectivity index (χ2v) is 8.74. The molecule has 0 bridgehead atoms. The Labute approximate surface area is 200 Å². The number of aromatic nitrogens is 3. The number of carbonyl (C=O) groups excluding carboxylic acids is 2. The maximum atomic E-state index is 13.0. The number of amides is 2. The van der Waals surface area contributed by atoms with Gasteiger partial charge < -0.3 is 10.2 Å². The molecule has 9 heteroatoms. The summed E-state index contributed by atoms with van der Waals surface area (Å²) in [6.45, 7) is -0.166. The molecule has 8 nitrogen and oxygen atoms in total.